The summed E-state index contributed by atoms with van der Waals surface area (Å²) in [6.07, 6.45) is -2.01. The largest absolute Gasteiger partial charge is 0.417 e. The van der Waals surface area contributed by atoms with E-state index >= 15 is 0 Å². The molecule has 1 saturated heterocycles. The van der Waals surface area contributed by atoms with Gasteiger partial charge in [-0.15, -0.1) is 11.3 Å². The molecule has 0 bridgehead atoms. The summed E-state index contributed by atoms with van der Waals surface area (Å²) in [5.74, 6) is -0.818. The summed E-state index contributed by atoms with van der Waals surface area (Å²) in [5.41, 5.74) is -1.43. The van der Waals surface area contributed by atoms with Gasteiger partial charge < -0.3 is 5.32 Å². The molecule has 1 aliphatic rings. The molecule has 2 aromatic rings. The van der Waals surface area contributed by atoms with Crippen molar-refractivity contribution in [2.24, 2.45) is 0 Å². The summed E-state index contributed by atoms with van der Waals surface area (Å²) in [4.78, 5) is 12.3. The first-order valence-corrected chi connectivity index (χ1v) is 11.5. The maximum Gasteiger partial charge on any atom is 0.417 e. The van der Waals surface area contributed by atoms with Gasteiger partial charge in [0.2, 0.25) is 0 Å². The maximum absolute atomic E-state index is 13.1. The van der Waals surface area contributed by atoms with Crippen molar-refractivity contribution in [1.82, 2.24) is 9.62 Å². The van der Waals surface area contributed by atoms with Gasteiger partial charge in [-0.1, -0.05) is 24.6 Å². The molecule has 1 N–H and O–H groups in total. The van der Waals surface area contributed by atoms with E-state index in [0.717, 1.165) is 36.3 Å². The number of hydrogen-bond acceptors (Lipinski definition) is 4. The zero-order chi connectivity index (χ0) is 21.1. The fourth-order valence-corrected chi connectivity index (χ4v) is 6.32. The lowest BCUT2D eigenvalue weighted by Gasteiger charge is -2.34. The number of carbonyl (C=O) groups excluding carboxylic acids is 1. The van der Waals surface area contributed by atoms with Crippen LogP contribution >= 0.6 is 11.3 Å². The van der Waals surface area contributed by atoms with Crippen molar-refractivity contribution in [3.63, 3.8) is 0 Å². The lowest BCUT2D eigenvalue weighted by atomic mass is 10.0. The Morgan fingerprint density at radius 3 is 2.62 bits per heavy atom. The summed E-state index contributed by atoms with van der Waals surface area (Å²) in [6.45, 7) is 0.488. The van der Waals surface area contributed by atoms with Crippen molar-refractivity contribution >= 4 is 27.3 Å². The Bertz CT molecular complexity index is 944. The second-order valence-electron chi connectivity index (χ2n) is 6.79. The zero-order valence-electron chi connectivity index (χ0n) is 15.5. The first kappa shape index (κ1) is 21.8. The first-order valence-electron chi connectivity index (χ1n) is 9.21. The van der Waals surface area contributed by atoms with Gasteiger partial charge in [-0.2, -0.15) is 17.5 Å². The van der Waals surface area contributed by atoms with E-state index in [1.54, 1.807) is 17.5 Å². The second kappa shape index (κ2) is 8.85. The number of benzene rings is 1. The second-order valence-corrected chi connectivity index (χ2v) is 9.85. The summed E-state index contributed by atoms with van der Waals surface area (Å²) in [5, 5.41) is 4.21. The van der Waals surface area contributed by atoms with Crippen LogP contribution in [-0.2, 0) is 16.2 Å². The van der Waals surface area contributed by atoms with Crippen LogP contribution in [0.2, 0.25) is 0 Å². The Labute approximate surface area is 171 Å². The molecule has 0 spiro atoms. The third kappa shape index (κ3) is 4.99. The van der Waals surface area contributed by atoms with Crippen molar-refractivity contribution in [2.45, 2.75) is 42.1 Å². The average Bonchev–Trinajstić information content (AvgIpc) is 3.23. The van der Waals surface area contributed by atoms with Crippen LogP contribution in [0.4, 0.5) is 13.2 Å². The number of rotatable bonds is 6. The lowest BCUT2D eigenvalue weighted by molar-refractivity contribution is -0.137. The molecule has 29 heavy (non-hydrogen) atoms. The summed E-state index contributed by atoms with van der Waals surface area (Å²) < 4.78 is 66.7. The molecule has 158 valence electrons. The van der Waals surface area contributed by atoms with E-state index in [0.29, 0.717) is 19.4 Å². The molecule has 1 aromatic heterocycles. The van der Waals surface area contributed by atoms with Crippen LogP contribution in [0.1, 0.15) is 41.6 Å². The normalized spacial score (nSPS) is 18.5. The molecule has 0 saturated carbocycles. The Morgan fingerprint density at radius 1 is 1.17 bits per heavy atom. The minimum absolute atomic E-state index is 0.0894. The van der Waals surface area contributed by atoms with E-state index in [-0.39, 0.29) is 16.8 Å². The molecule has 0 radical (unpaired) electrons. The number of piperidine rings is 1. The fourth-order valence-electron chi connectivity index (χ4n) is 3.48. The van der Waals surface area contributed by atoms with Gasteiger partial charge in [0.1, 0.15) is 4.21 Å². The molecule has 1 fully saturated rings. The highest BCUT2D eigenvalue weighted by molar-refractivity contribution is 7.91. The van der Waals surface area contributed by atoms with Crippen molar-refractivity contribution < 1.29 is 26.4 Å². The van der Waals surface area contributed by atoms with Crippen LogP contribution in [-0.4, -0.2) is 37.8 Å². The SMILES string of the molecule is O=C(NCCC1CCCCN1S(=O)(=O)c1cccs1)c1ccccc1C(F)(F)F. The molecule has 0 aliphatic carbocycles. The number of carbonyl (C=O) groups is 1. The summed E-state index contributed by atoms with van der Waals surface area (Å²) in [7, 11) is -3.61. The van der Waals surface area contributed by atoms with Gasteiger partial charge in [0.05, 0.1) is 11.1 Å². The lowest BCUT2D eigenvalue weighted by Crippen LogP contribution is -2.45. The van der Waals surface area contributed by atoms with E-state index in [9.17, 15) is 26.4 Å². The molecule has 1 atom stereocenters. The number of hydrogen-bond donors (Lipinski definition) is 1. The predicted octanol–water partition coefficient (Wildman–Crippen LogP) is 4.13. The van der Waals surface area contributed by atoms with Crippen LogP contribution in [0.3, 0.4) is 0 Å². The molecule has 1 amide bonds. The van der Waals surface area contributed by atoms with E-state index in [1.807, 2.05) is 0 Å². The molecular weight excluding hydrogens is 425 g/mol. The molecule has 1 unspecified atom stereocenters. The Kier molecular flexibility index (Phi) is 6.65. The highest BCUT2D eigenvalue weighted by atomic mass is 32.2. The van der Waals surface area contributed by atoms with E-state index in [4.69, 9.17) is 0 Å². The van der Waals surface area contributed by atoms with Crippen molar-refractivity contribution in [3.05, 3.63) is 52.9 Å². The van der Waals surface area contributed by atoms with Gasteiger partial charge in [-0.05, 0) is 42.8 Å². The van der Waals surface area contributed by atoms with E-state index in [2.05, 4.69) is 5.32 Å². The smallest absolute Gasteiger partial charge is 0.352 e. The Hall–Kier alpha value is -1.91. The number of nitrogens with zero attached hydrogens (tertiary/aromatic N) is 1. The number of alkyl halides is 3. The van der Waals surface area contributed by atoms with E-state index < -0.39 is 33.2 Å². The predicted molar refractivity (Wildman–Crippen MR) is 104 cm³/mol. The molecule has 1 aliphatic heterocycles. The Balaban J connectivity index is 1.66. The molecule has 1 aromatic carbocycles. The van der Waals surface area contributed by atoms with Gasteiger partial charge in [0.15, 0.2) is 0 Å². The van der Waals surface area contributed by atoms with Gasteiger partial charge in [-0.25, -0.2) is 8.42 Å². The standard InChI is InChI=1S/C19H21F3N2O3S2/c20-19(21,22)16-8-2-1-7-15(16)18(25)23-11-10-14-6-3-4-12-24(14)29(26,27)17-9-5-13-28-17/h1-2,5,7-9,13-14H,3-4,6,10-12H2,(H,23,25). The average molecular weight is 447 g/mol. The molecular formula is C19H21F3N2O3S2. The first-order chi connectivity index (χ1) is 13.7. The monoisotopic (exact) mass is 446 g/mol. The zero-order valence-corrected chi connectivity index (χ0v) is 17.1. The van der Waals surface area contributed by atoms with Crippen LogP contribution in [0.15, 0.2) is 46.0 Å². The molecule has 5 nitrogen and oxygen atoms in total. The molecule has 3 rings (SSSR count). The summed E-state index contributed by atoms with van der Waals surface area (Å²) in [6, 6.07) is 7.54. The van der Waals surface area contributed by atoms with Gasteiger partial charge in [-0.3, -0.25) is 4.79 Å². The van der Waals surface area contributed by atoms with Gasteiger partial charge in [0, 0.05) is 19.1 Å². The number of amides is 1. The highest BCUT2D eigenvalue weighted by Gasteiger charge is 2.36. The minimum Gasteiger partial charge on any atom is -0.352 e. The molecule has 2 heterocycles. The van der Waals surface area contributed by atoms with Crippen LogP contribution < -0.4 is 5.32 Å². The van der Waals surface area contributed by atoms with Gasteiger partial charge >= 0.3 is 6.18 Å². The Morgan fingerprint density at radius 2 is 1.93 bits per heavy atom. The van der Waals surface area contributed by atoms with Crippen molar-refractivity contribution in [3.8, 4) is 0 Å². The summed E-state index contributed by atoms with van der Waals surface area (Å²) >= 11 is 1.15. The fraction of sp³-hybridized carbons (Fsp3) is 0.421. The number of halogens is 3. The quantitative estimate of drug-likeness (QED) is 0.726. The topological polar surface area (TPSA) is 66.5 Å². The van der Waals surface area contributed by atoms with Crippen molar-refractivity contribution in [2.75, 3.05) is 13.1 Å². The number of nitrogens with one attached hydrogen (secondary N) is 1. The maximum atomic E-state index is 13.1. The third-order valence-corrected chi connectivity index (χ3v) is 8.20. The number of thiophene rings is 1. The van der Waals surface area contributed by atoms with E-state index in [1.165, 1.54) is 16.4 Å². The van der Waals surface area contributed by atoms with Crippen LogP contribution in [0.25, 0.3) is 0 Å². The molecule has 10 heteroatoms. The minimum atomic E-state index is -4.62. The third-order valence-electron chi connectivity index (χ3n) is 4.87. The van der Waals surface area contributed by atoms with Crippen LogP contribution in [0.5, 0.6) is 0 Å². The number of sulfonamides is 1. The van der Waals surface area contributed by atoms with Crippen LogP contribution in [0, 0.1) is 0 Å². The van der Waals surface area contributed by atoms with Crippen molar-refractivity contribution in [1.29, 1.82) is 0 Å². The van der Waals surface area contributed by atoms with Gasteiger partial charge in [0.25, 0.3) is 15.9 Å². The highest BCUT2D eigenvalue weighted by Crippen LogP contribution is 2.32.